The number of hydrogen-bond acceptors (Lipinski definition) is 7. The van der Waals surface area contributed by atoms with Crippen LogP contribution >= 0.6 is 11.3 Å². The third-order valence-corrected chi connectivity index (χ3v) is 6.21. The predicted molar refractivity (Wildman–Crippen MR) is 103 cm³/mol. The summed E-state index contributed by atoms with van der Waals surface area (Å²) in [6, 6.07) is 4.02. The second-order valence-corrected chi connectivity index (χ2v) is 7.97. The van der Waals surface area contributed by atoms with Gasteiger partial charge in [0.25, 0.3) is 5.56 Å². The highest BCUT2D eigenvalue weighted by molar-refractivity contribution is 7.17. The first-order valence-corrected chi connectivity index (χ1v) is 9.95. The van der Waals surface area contributed by atoms with Crippen LogP contribution < -0.4 is 15.8 Å². The molecule has 0 radical (unpaired) electrons. The number of nitrogens with zero attached hydrogens (tertiary/aromatic N) is 4. The Balaban J connectivity index is 1.29. The Labute approximate surface area is 154 Å². The number of fused-ring (bicyclic) bond motifs is 1. The summed E-state index contributed by atoms with van der Waals surface area (Å²) in [6.07, 6.45) is 5.87. The number of rotatable bonds is 4. The molecule has 4 heterocycles. The molecule has 2 aliphatic rings. The number of hydrogen-bond donors (Lipinski definition) is 2. The lowest BCUT2D eigenvalue weighted by Crippen LogP contribution is -2.36. The molecule has 0 aromatic carbocycles. The smallest absolute Gasteiger partial charge is 0.252 e. The molecule has 1 aliphatic carbocycles. The van der Waals surface area contributed by atoms with Crippen molar-refractivity contribution in [3.05, 3.63) is 39.9 Å². The van der Waals surface area contributed by atoms with Gasteiger partial charge in [0, 0.05) is 31.1 Å². The van der Waals surface area contributed by atoms with Gasteiger partial charge in [-0.05, 0) is 37.1 Å². The van der Waals surface area contributed by atoms with Crippen LogP contribution in [0.1, 0.15) is 37.3 Å². The van der Waals surface area contributed by atoms with E-state index in [1.807, 2.05) is 11.4 Å². The van der Waals surface area contributed by atoms with Crippen molar-refractivity contribution in [1.29, 1.82) is 0 Å². The summed E-state index contributed by atoms with van der Waals surface area (Å²) >= 11 is 1.65. The summed E-state index contributed by atoms with van der Waals surface area (Å²) in [6.45, 7) is 1.96. The fraction of sp³-hybridized carbons (Fsp3) is 0.444. The van der Waals surface area contributed by atoms with Crippen LogP contribution in [0.25, 0.3) is 10.2 Å². The largest absolute Gasteiger partial charge is 0.366 e. The van der Waals surface area contributed by atoms with Crippen molar-refractivity contribution in [2.45, 2.75) is 37.6 Å². The number of aromatic nitrogens is 4. The Morgan fingerprint density at radius 3 is 2.92 bits per heavy atom. The molecule has 1 saturated heterocycles. The van der Waals surface area contributed by atoms with E-state index in [0.29, 0.717) is 12.0 Å². The van der Waals surface area contributed by atoms with Gasteiger partial charge in [-0.25, -0.2) is 15.0 Å². The van der Waals surface area contributed by atoms with Crippen molar-refractivity contribution >= 4 is 33.3 Å². The molecule has 0 unspecified atom stereocenters. The highest BCUT2D eigenvalue weighted by atomic mass is 32.1. The van der Waals surface area contributed by atoms with Crippen molar-refractivity contribution < 1.29 is 0 Å². The Hall–Kier alpha value is -2.48. The van der Waals surface area contributed by atoms with Crippen molar-refractivity contribution in [2.24, 2.45) is 0 Å². The summed E-state index contributed by atoms with van der Waals surface area (Å²) in [5, 5.41) is 5.56. The van der Waals surface area contributed by atoms with E-state index in [2.05, 4.69) is 25.2 Å². The maximum Gasteiger partial charge on any atom is 0.252 e. The van der Waals surface area contributed by atoms with Crippen molar-refractivity contribution in [3.63, 3.8) is 0 Å². The average molecular weight is 368 g/mol. The number of nitrogens with one attached hydrogen (secondary N) is 2. The van der Waals surface area contributed by atoms with E-state index in [1.165, 1.54) is 12.8 Å². The fourth-order valence-electron chi connectivity index (χ4n) is 3.81. The van der Waals surface area contributed by atoms with Crippen LogP contribution in [0.4, 0.5) is 11.8 Å². The normalized spacial score (nSPS) is 22.5. The summed E-state index contributed by atoms with van der Waals surface area (Å²) in [5.41, 5.74) is 1.84. The zero-order valence-corrected chi connectivity index (χ0v) is 15.1. The molecule has 2 fully saturated rings. The average Bonchev–Trinajstić information content (AvgIpc) is 3.28. The van der Waals surface area contributed by atoms with E-state index in [0.717, 1.165) is 53.6 Å². The molecule has 3 aromatic heterocycles. The Bertz CT molecular complexity index is 987. The Morgan fingerprint density at radius 2 is 2.08 bits per heavy atom. The first-order chi connectivity index (χ1) is 12.8. The molecule has 5 rings (SSSR count). The number of thiophene rings is 1. The number of H-pyrrole nitrogens is 1. The zero-order chi connectivity index (χ0) is 17.5. The van der Waals surface area contributed by atoms with Gasteiger partial charge in [-0.15, -0.1) is 11.3 Å². The van der Waals surface area contributed by atoms with Gasteiger partial charge in [0.15, 0.2) is 0 Å². The molecule has 8 heteroatoms. The molecule has 134 valence electrons. The van der Waals surface area contributed by atoms with Gasteiger partial charge in [0.1, 0.15) is 12.1 Å². The van der Waals surface area contributed by atoms with Crippen molar-refractivity contribution in [3.8, 4) is 0 Å². The van der Waals surface area contributed by atoms with Crippen LogP contribution in [0.5, 0.6) is 0 Å². The first kappa shape index (κ1) is 15.7. The zero-order valence-electron chi connectivity index (χ0n) is 14.3. The molecular weight excluding hydrogens is 348 g/mol. The minimum absolute atomic E-state index is 0.0515. The van der Waals surface area contributed by atoms with Gasteiger partial charge in [-0.3, -0.25) is 9.78 Å². The maximum atomic E-state index is 12.0. The van der Waals surface area contributed by atoms with E-state index in [9.17, 15) is 4.79 Å². The molecule has 0 bridgehead atoms. The molecule has 0 atom stereocenters. The molecule has 3 aromatic rings. The molecule has 0 spiro atoms. The summed E-state index contributed by atoms with van der Waals surface area (Å²) in [4.78, 5) is 30.5. The van der Waals surface area contributed by atoms with Crippen molar-refractivity contribution in [2.75, 3.05) is 23.3 Å². The Kier molecular flexibility index (Phi) is 3.85. The second-order valence-electron chi connectivity index (χ2n) is 7.05. The van der Waals surface area contributed by atoms with Gasteiger partial charge in [-0.1, -0.05) is 0 Å². The second kappa shape index (κ2) is 6.35. The van der Waals surface area contributed by atoms with Crippen LogP contribution in [-0.4, -0.2) is 39.1 Å². The molecule has 7 nitrogen and oxygen atoms in total. The molecule has 2 N–H and O–H groups in total. The van der Waals surface area contributed by atoms with Gasteiger partial charge >= 0.3 is 0 Å². The van der Waals surface area contributed by atoms with Crippen LogP contribution in [0.2, 0.25) is 0 Å². The van der Waals surface area contributed by atoms with Crippen LogP contribution in [0.3, 0.4) is 0 Å². The van der Waals surface area contributed by atoms with Crippen LogP contribution in [-0.2, 0) is 0 Å². The molecule has 26 heavy (non-hydrogen) atoms. The molecule has 1 aliphatic heterocycles. The maximum absolute atomic E-state index is 12.0. The van der Waals surface area contributed by atoms with Gasteiger partial charge in [-0.2, -0.15) is 0 Å². The molecule has 1 saturated carbocycles. The van der Waals surface area contributed by atoms with E-state index < -0.39 is 0 Å². The van der Waals surface area contributed by atoms with E-state index in [-0.39, 0.29) is 5.56 Å². The highest BCUT2D eigenvalue weighted by Crippen LogP contribution is 2.38. The lowest BCUT2D eigenvalue weighted by atomic mass is 9.78. The minimum atomic E-state index is -0.0515. The van der Waals surface area contributed by atoms with Gasteiger partial charge in [0.2, 0.25) is 5.95 Å². The predicted octanol–water partition coefficient (Wildman–Crippen LogP) is 2.73. The van der Waals surface area contributed by atoms with Crippen LogP contribution in [0.15, 0.2) is 28.6 Å². The van der Waals surface area contributed by atoms with Crippen LogP contribution in [0, 0.1) is 0 Å². The highest BCUT2D eigenvalue weighted by Gasteiger charge is 2.33. The SMILES string of the molecule is O=c1cc(C2CC(Nc3ncnc4ccsc34)C2)nc(N2CCCC2)[nH]1. The standard InChI is InChI=1S/C18H20N6OS/c25-15-9-14(22-18(23-15)24-4-1-2-5-24)11-7-12(8-11)21-17-16-13(3-6-26-16)19-10-20-17/h3,6,9-12H,1-2,4-5,7-8H2,(H,19,20,21)(H,22,23,25). The summed E-state index contributed by atoms with van der Waals surface area (Å²) in [5.74, 6) is 1.97. The number of anilines is 2. The molecule has 0 amide bonds. The fourth-order valence-corrected chi connectivity index (χ4v) is 4.61. The van der Waals surface area contributed by atoms with E-state index in [1.54, 1.807) is 23.7 Å². The lowest BCUT2D eigenvalue weighted by Gasteiger charge is -2.36. The quantitative estimate of drug-likeness (QED) is 0.736. The van der Waals surface area contributed by atoms with Crippen molar-refractivity contribution in [1.82, 2.24) is 19.9 Å². The third-order valence-electron chi connectivity index (χ3n) is 5.29. The topological polar surface area (TPSA) is 86.8 Å². The number of aromatic amines is 1. The summed E-state index contributed by atoms with van der Waals surface area (Å²) < 4.78 is 1.10. The molecular formula is C18H20N6OS. The minimum Gasteiger partial charge on any atom is -0.366 e. The van der Waals surface area contributed by atoms with E-state index >= 15 is 0 Å². The van der Waals surface area contributed by atoms with E-state index in [4.69, 9.17) is 4.98 Å². The Morgan fingerprint density at radius 1 is 1.23 bits per heavy atom. The first-order valence-electron chi connectivity index (χ1n) is 9.07. The van der Waals surface area contributed by atoms with Gasteiger partial charge in [0.05, 0.1) is 15.9 Å². The lowest BCUT2D eigenvalue weighted by molar-refractivity contribution is 0.366. The third kappa shape index (κ3) is 2.84. The summed E-state index contributed by atoms with van der Waals surface area (Å²) in [7, 11) is 0. The van der Waals surface area contributed by atoms with Gasteiger partial charge < -0.3 is 10.2 Å². The monoisotopic (exact) mass is 368 g/mol.